The number of rotatable bonds is 0. The predicted molar refractivity (Wildman–Crippen MR) is 95.8 cm³/mol. The fourth-order valence-corrected chi connectivity index (χ4v) is 3.56. The highest BCUT2D eigenvalue weighted by molar-refractivity contribution is 6.32. The first-order valence-electron chi connectivity index (χ1n) is 7.32. The highest BCUT2D eigenvalue weighted by Crippen LogP contribution is 2.35. The Bertz CT molecular complexity index is 1180. The Morgan fingerprint density at radius 3 is 2.32 bits per heavy atom. The second kappa shape index (κ2) is 4.25. The summed E-state index contributed by atoms with van der Waals surface area (Å²) in [6, 6.07) is 23.4. The number of aromatic amines is 1. The van der Waals surface area contributed by atoms with Crippen LogP contribution in [0.1, 0.15) is 0 Å². The van der Waals surface area contributed by atoms with Crippen molar-refractivity contribution < 1.29 is 0 Å². The molecule has 0 fully saturated rings. The van der Waals surface area contributed by atoms with Gasteiger partial charge in [0.2, 0.25) is 0 Å². The molecule has 5 aromatic rings. The van der Waals surface area contributed by atoms with Gasteiger partial charge in [-0.25, -0.2) is 0 Å². The van der Waals surface area contributed by atoms with Crippen molar-refractivity contribution >= 4 is 55.0 Å². The molecule has 5 rings (SSSR count). The Morgan fingerprint density at radius 2 is 1.45 bits per heavy atom. The van der Waals surface area contributed by atoms with Gasteiger partial charge < -0.3 is 4.98 Å². The fraction of sp³-hybridized carbons (Fsp3) is 0. The summed E-state index contributed by atoms with van der Waals surface area (Å²) in [6.07, 6.45) is 0. The van der Waals surface area contributed by atoms with Crippen molar-refractivity contribution in [2.75, 3.05) is 0 Å². The molecule has 1 aromatic heterocycles. The van der Waals surface area contributed by atoms with E-state index in [1.807, 2.05) is 12.1 Å². The van der Waals surface area contributed by atoms with Crippen molar-refractivity contribution in [3.8, 4) is 0 Å². The minimum absolute atomic E-state index is 0.758. The highest BCUT2D eigenvalue weighted by Gasteiger charge is 2.09. The number of hydrogen-bond donors (Lipinski definition) is 1. The van der Waals surface area contributed by atoms with Crippen LogP contribution in [0.15, 0.2) is 66.7 Å². The summed E-state index contributed by atoms with van der Waals surface area (Å²) in [6.45, 7) is 0. The highest BCUT2D eigenvalue weighted by atomic mass is 35.5. The maximum absolute atomic E-state index is 6.12. The molecule has 0 saturated carbocycles. The Morgan fingerprint density at radius 1 is 0.636 bits per heavy atom. The molecule has 2 heteroatoms. The lowest BCUT2D eigenvalue weighted by Crippen LogP contribution is -1.78. The first kappa shape index (κ1) is 12.1. The zero-order valence-corrected chi connectivity index (χ0v) is 12.5. The summed E-state index contributed by atoms with van der Waals surface area (Å²) >= 11 is 6.12. The molecule has 0 amide bonds. The first-order valence-corrected chi connectivity index (χ1v) is 7.70. The molecular weight excluding hydrogens is 290 g/mol. The summed E-state index contributed by atoms with van der Waals surface area (Å²) in [4.78, 5) is 3.47. The van der Waals surface area contributed by atoms with E-state index in [4.69, 9.17) is 11.6 Å². The van der Waals surface area contributed by atoms with E-state index >= 15 is 0 Å². The van der Waals surface area contributed by atoms with E-state index in [0.717, 1.165) is 16.1 Å². The van der Waals surface area contributed by atoms with Crippen LogP contribution in [-0.4, -0.2) is 4.98 Å². The average Bonchev–Trinajstić information content (AvgIpc) is 2.90. The number of halogens is 1. The molecule has 1 N–H and O–H groups in total. The van der Waals surface area contributed by atoms with Gasteiger partial charge in [0.05, 0.1) is 0 Å². The van der Waals surface area contributed by atoms with Gasteiger partial charge in [0.1, 0.15) is 0 Å². The Hall–Kier alpha value is -2.51. The van der Waals surface area contributed by atoms with E-state index in [2.05, 4.69) is 59.6 Å². The lowest BCUT2D eigenvalue weighted by atomic mass is 9.99. The standard InChI is InChI=1S/C20H12ClN/c21-15-6-7-16-19(11-15)22-18-8-5-14-9-12-3-1-2-4-13(12)10-17(14)20(16)18/h1-11,22H. The van der Waals surface area contributed by atoms with E-state index in [1.54, 1.807) is 0 Å². The molecule has 0 saturated heterocycles. The third-order valence-electron chi connectivity index (χ3n) is 4.41. The topological polar surface area (TPSA) is 15.8 Å². The fourth-order valence-electron chi connectivity index (χ4n) is 3.39. The van der Waals surface area contributed by atoms with Gasteiger partial charge in [-0.3, -0.25) is 0 Å². The number of nitrogens with one attached hydrogen (secondary N) is 1. The van der Waals surface area contributed by atoms with Gasteiger partial charge in [0, 0.05) is 26.8 Å². The SMILES string of the molecule is Clc1ccc2c(c1)[nH]c1ccc3cc4ccccc4cc3c12. The zero-order chi connectivity index (χ0) is 14.7. The molecule has 0 spiro atoms. The molecule has 0 bridgehead atoms. The second-order valence-corrected chi connectivity index (χ2v) is 6.16. The molecular formula is C20H12ClN. The Kier molecular flexibility index (Phi) is 2.33. The van der Waals surface area contributed by atoms with E-state index in [0.29, 0.717) is 0 Å². The van der Waals surface area contributed by atoms with Gasteiger partial charge in [-0.2, -0.15) is 0 Å². The van der Waals surface area contributed by atoms with E-state index in [-0.39, 0.29) is 0 Å². The van der Waals surface area contributed by atoms with Gasteiger partial charge in [-0.1, -0.05) is 48.0 Å². The minimum atomic E-state index is 0.758. The lowest BCUT2D eigenvalue weighted by Gasteiger charge is -2.04. The van der Waals surface area contributed by atoms with Gasteiger partial charge >= 0.3 is 0 Å². The van der Waals surface area contributed by atoms with Crippen molar-refractivity contribution in [1.29, 1.82) is 0 Å². The monoisotopic (exact) mass is 301 g/mol. The van der Waals surface area contributed by atoms with Crippen LogP contribution in [0, 0.1) is 0 Å². The quantitative estimate of drug-likeness (QED) is 0.324. The molecule has 4 aromatic carbocycles. The number of benzene rings is 4. The van der Waals surface area contributed by atoms with Crippen molar-refractivity contribution in [1.82, 2.24) is 4.98 Å². The third-order valence-corrected chi connectivity index (χ3v) is 4.64. The van der Waals surface area contributed by atoms with E-state index in [9.17, 15) is 0 Å². The van der Waals surface area contributed by atoms with Crippen LogP contribution in [0.25, 0.3) is 43.4 Å². The van der Waals surface area contributed by atoms with Crippen molar-refractivity contribution in [3.05, 3.63) is 71.8 Å². The predicted octanol–water partition coefficient (Wildman–Crippen LogP) is 6.28. The van der Waals surface area contributed by atoms with Crippen LogP contribution in [0.2, 0.25) is 5.02 Å². The maximum Gasteiger partial charge on any atom is 0.0480 e. The largest absolute Gasteiger partial charge is 0.354 e. The number of fused-ring (bicyclic) bond motifs is 6. The molecule has 104 valence electrons. The first-order chi connectivity index (χ1) is 10.8. The van der Waals surface area contributed by atoms with Crippen LogP contribution >= 0.6 is 11.6 Å². The van der Waals surface area contributed by atoms with E-state index in [1.165, 1.54) is 32.3 Å². The normalized spacial score (nSPS) is 11.9. The molecule has 0 aliphatic heterocycles. The molecule has 1 nitrogen and oxygen atoms in total. The van der Waals surface area contributed by atoms with Crippen LogP contribution in [-0.2, 0) is 0 Å². The summed E-state index contributed by atoms with van der Waals surface area (Å²) in [5.41, 5.74) is 2.24. The molecule has 0 radical (unpaired) electrons. The number of H-pyrrole nitrogens is 1. The second-order valence-electron chi connectivity index (χ2n) is 5.72. The number of hydrogen-bond acceptors (Lipinski definition) is 0. The molecule has 0 atom stereocenters. The van der Waals surface area contributed by atoms with Crippen LogP contribution in [0.4, 0.5) is 0 Å². The van der Waals surface area contributed by atoms with Gasteiger partial charge in [-0.15, -0.1) is 0 Å². The third kappa shape index (κ3) is 1.60. The number of aromatic nitrogens is 1. The molecule has 0 aliphatic carbocycles. The van der Waals surface area contributed by atoms with Gasteiger partial charge in [-0.05, 0) is 51.9 Å². The zero-order valence-electron chi connectivity index (χ0n) is 11.7. The molecule has 0 aliphatic rings. The van der Waals surface area contributed by atoms with Crippen LogP contribution < -0.4 is 0 Å². The van der Waals surface area contributed by atoms with Crippen molar-refractivity contribution in [2.24, 2.45) is 0 Å². The van der Waals surface area contributed by atoms with E-state index < -0.39 is 0 Å². The maximum atomic E-state index is 6.12. The summed E-state index contributed by atoms with van der Waals surface area (Å²) in [5.74, 6) is 0. The summed E-state index contributed by atoms with van der Waals surface area (Å²) in [7, 11) is 0. The van der Waals surface area contributed by atoms with Gasteiger partial charge in [0.15, 0.2) is 0 Å². The minimum Gasteiger partial charge on any atom is -0.354 e. The Labute approximate surface area is 132 Å². The average molecular weight is 302 g/mol. The summed E-state index contributed by atoms with van der Waals surface area (Å²) < 4.78 is 0. The molecule has 1 heterocycles. The molecule has 22 heavy (non-hydrogen) atoms. The summed E-state index contributed by atoms with van der Waals surface area (Å²) in [5, 5.41) is 8.35. The van der Waals surface area contributed by atoms with Crippen LogP contribution in [0.3, 0.4) is 0 Å². The van der Waals surface area contributed by atoms with Gasteiger partial charge in [0.25, 0.3) is 0 Å². The smallest absolute Gasteiger partial charge is 0.0480 e. The molecule has 0 unspecified atom stereocenters. The van der Waals surface area contributed by atoms with Crippen LogP contribution in [0.5, 0.6) is 0 Å². The van der Waals surface area contributed by atoms with Crippen molar-refractivity contribution in [2.45, 2.75) is 0 Å². The lowest BCUT2D eigenvalue weighted by molar-refractivity contribution is 1.55. The Balaban J connectivity index is 2.05. The van der Waals surface area contributed by atoms with Crippen molar-refractivity contribution in [3.63, 3.8) is 0 Å².